The van der Waals surface area contributed by atoms with E-state index in [2.05, 4.69) is 38.9 Å². The summed E-state index contributed by atoms with van der Waals surface area (Å²) >= 11 is 2.20. The Bertz CT molecular complexity index is 574. The van der Waals surface area contributed by atoms with Gasteiger partial charge in [-0.15, -0.1) is 0 Å². The zero-order chi connectivity index (χ0) is 15.3. The predicted molar refractivity (Wildman–Crippen MR) is 86.0 cm³/mol. The van der Waals surface area contributed by atoms with Crippen LogP contribution < -0.4 is 0 Å². The minimum atomic E-state index is -1.52. The van der Waals surface area contributed by atoms with Gasteiger partial charge >= 0.3 is 5.97 Å². The third kappa shape index (κ3) is 3.40. The van der Waals surface area contributed by atoms with Crippen molar-refractivity contribution < 1.29 is 9.53 Å². The van der Waals surface area contributed by atoms with Crippen molar-refractivity contribution in [3.8, 4) is 6.07 Å². The van der Waals surface area contributed by atoms with Gasteiger partial charge in [-0.1, -0.05) is 12.8 Å². The molecule has 0 amide bonds. The first-order chi connectivity index (χ1) is 10.1. The quantitative estimate of drug-likeness (QED) is 0.438. The van der Waals surface area contributed by atoms with E-state index in [4.69, 9.17) is 4.74 Å². The SMILES string of the molecule is COC(=O)C(C#N)(/N=N/c1ccc(I)cc1)C1CCCC1. The maximum atomic E-state index is 12.1. The first kappa shape index (κ1) is 15.9. The van der Waals surface area contributed by atoms with E-state index in [1.807, 2.05) is 12.1 Å². The van der Waals surface area contributed by atoms with E-state index in [1.54, 1.807) is 12.1 Å². The van der Waals surface area contributed by atoms with Crippen LogP contribution in [0, 0.1) is 20.8 Å². The summed E-state index contributed by atoms with van der Waals surface area (Å²) < 4.78 is 5.90. The normalized spacial score (nSPS) is 18.3. The topological polar surface area (TPSA) is 74.8 Å². The van der Waals surface area contributed by atoms with Gasteiger partial charge in [0.2, 0.25) is 0 Å². The molecule has 1 aliphatic carbocycles. The molecule has 1 atom stereocenters. The standard InChI is InChI=1S/C15H16IN3O2/c1-21-14(20)15(10-17,11-4-2-3-5-11)19-18-13-8-6-12(16)7-9-13/h6-9,11H,2-5H2,1H3/b19-18+. The number of methoxy groups -OCH3 is 1. The van der Waals surface area contributed by atoms with Crippen molar-refractivity contribution in [2.45, 2.75) is 31.2 Å². The van der Waals surface area contributed by atoms with Gasteiger partial charge in [-0.2, -0.15) is 15.5 Å². The fourth-order valence-electron chi connectivity index (χ4n) is 2.59. The van der Waals surface area contributed by atoms with Crippen molar-refractivity contribution in [2.24, 2.45) is 16.1 Å². The highest BCUT2D eigenvalue weighted by Gasteiger charge is 2.49. The molecule has 0 aromatic heterocycles. The molecule has 110 valence electrons. The number of benzene rings is 1. The summed E-state index contributed by atoms with van der Waals surface area (Å²) in [5, 5.41) is 17.8. The zero-order valence-electron chi connectivity index (χ0n) is 11.8. The number of carbonyl (C=O) groups excluding carboxylic acids is 1. The number of carbonyl (C=O) groups is 1. The average molecular weight is 397 g/mol. The van der Waals surface area contributed by atoms with E-state index in [1.165, 1.54) is 7.11 Å². The maximum Gasteiger partial charge on any atom is 0.350 e. The Balaban J connectivity index is 2.33. The van der Waals surface area contributed by atoms with Crippen LogP contribution in [-0.4, -0.2) is 18.6 Å². The Kier molecular flexibility index (Phi) is 5.28. The highest BCUT2D eigenvalue weighted by molar-refractivity contribution is 14.1. The lowest BCUT2D eigenvalue weighted by Crippen LogP contribution is -2.42. The second-order valence-corrected chi connectivity index (χ2v) is 6.27. The second kappa shape index (κ2) is 6.98. The molecule has 6 heteroatoms. The summed E-state index contributed by atoms with van der Waals surface area (Å²) in [6, 6.07) is 9.46. The van der Waals surface area contributed by atoms with Crippen LogP contribution in [0.3, 0.4) is 0 Å². The maximum absolute atomic E-state index is 12.1. The van der Waals surface area contributed by atoms with Crippen molar-refractivity contribution in [3.05, 3.63) is 27.8 Å². The van der Waals surface area contributed by atoms with Crippen LogP contribution in [0.1, 0.15) is 25.7 Å². The summed E-state index contributed by atoms with van der Waals surface area (Å²) in [5.74, 6) is -0.742. The Morgan fingerprint density at radius 1 is 1.38 bits per heavy atom. The van der Waals surface area contributed by atoms with Gasteiger partial charge in [0.1, 0.15) is 6.07 Å². The summed E-state index contributed by atoms with van der Waals surface area (Å²) in [6.45, 7) is 0. The lowest BCUT2D eigenvalue weighted by Gasteiger charge is -2.24. The largest absolute Gasteiger partial charge is 0.466 e. The van der Waals surface area contributed by atoms with Gasteiger partial charge in [-0.3, -0.25) is 0 Å². The Labute approximate surface area is 137 Å². The average Bonchev–Trinajstić information content (AvgIpc) is 3.04. The van der Waals surface area contributed by atoms with Gasteiger partial charge in [0, 0.05) is 9.49 Å². The molecule has 1 saturated carbocycles. The fraction of sp³-hybridized carbons (Fsp3) is 0.467. The van der Waals surface area contributed by atoms with E-state index in [9.17, 15) is 10.1 Å². The van der Waals surface area contributed by atoms with Crippen molar-refractivity contribution in [3.63, 3.8) is 0 Å². The molecule has 1 aromatic rings. The van der Waals surface area contributed by atoms with E-state index < -0.39 is 11.5 Å². The molecule has 2 rings (SSSR count). The number of nitriles is 1. The molecular weight excluding hydrogens is 381 g/mol. The monoisotopic (exact) mass is 397 g/mol. The lowest BCUT2D eigenvalue weighted by atomic mass is 9.84. The van der Waals surface area contributed by atoms with Crippen molar-refractivity contribution in [1.82, 2.24) is 0 Å². The summed E-state index contributed by atoms with van der Waals surface area (Å²) in [4.78, 5) is 12.1. The minimum Gasteiger partial charge on any atom is -0.466 e. The van der Waals surface area contributed by atoms with Gasteiger partial charge in [0.25, 0.3) is 5.54 Å². The number of rotatable bonds is 4. The molecule has 0 bridgehead atoms. The molecule has 0 heterocycles. The Morgan fingerprint density at radius 3 is 2.52 bits per heavy atom. The van der Waals surface area contributed by atoms with Gasteiger partial charge in [-0.05, 0) is 59.7 Å². The van der Waals surface area contributed by atoms with Crippen LogP contribution in [-0.2, 0) is 9.53 Å². The van der Waals surface area contributed by atoms with Crippen molar-refractivity contribution in [2.75, 3.05) is 7.11 Å². The molecular formula is C15H16IN3O2. The number of esters is 1. The molecule has 1 aliphatic rings. The van der Waals surface area contributed by atoms with E-state index in [0.29, 0.717) is 5.69 Å². The first-order valence-corrected chi connectivity index (χ1v) is 7.88. The summed E-state index contributed by atoms with van der Waals surface area (Å²) in [5.41, 5.74) is -0.897. The summed E-state index contributed by atoms with van der Waals surface area (Å²) in [7, 11) is 1.28. The van der Waals surface area contributed by atoms with E-state index >= 15 is 0 Å². The van der Waals surface area contributed by atoms with E-state index in [-0.39, 0.29) is 5.92 Å². The highest BCUT2D eigenvalue weighted by Crippen LogP contribution is 2.38. The fourth-order valence-corrected chi connectivity index (χ4v) is 2.95. The Morgan fingerprint density at radius 2 is 2.00 bits per heavy atom. The van der Waals surface area contributed by atoms with Crippen LogP contribution in [0.25, 0.3) is 0 Å². The molecule has 0 aliphatic heterocycles. The number of hydrogen-bond acceptors (Lipinski definition) is 5. The van der Waals surface area contributed by atoms with Crippen molar-refractivity contribution in [1.29, 1.82) is 5.26 Å². The number of halogens is 1. The lowest BCUT2D eigenvalue weighted by molar-refractivity contribution is -0.146. The number of nitrogens with zero attached hydrogens (tertiary/aromatic N) is 3. The molecule has 0 saturated heterocycles. The van der Waals surface area contributed by atoms with Crippen LogP contribution in [0.4, 0.5) is 5.69 Å². The molecule has 1 unspecified atom stereocenters. The highest BCUT2D eigenvalue weighted by atomic mass is 127. The Hall–Kier alpha value is -1.49. The van der Waals surface area contributed by atoms with Crippen LogP contribution in [0.15, 0.2) is 34.5 Å². The van der Waals surface area contributed by atoms with Crippen molar-refractivity contribution >= 4 is 34.2 Å². The van der Waals surface area contributed by atoms with Gasteiger partial charge in [0.15, 0.2) is 0 Å². The van der Waals surface area contributed by atoms with Gasteiger partial charge in [-0.25, -0.2) is 4.79 Å². The molecule has 1 fully saturated rings. The number of hydrogen-bond donors (Lipinski definition) is 0. The zero-order valence-corrected chi connectivity index (χ0v) is 13.9. The van der Waals surface area contributed by atoms with Gasteiger partial charge in [0.05, 0.1) is 12.8 Å². The van der Waals surface area contributed by atoms with Crippen LogP contribution in [0.5, 0.6) is 0 Å². The third-order valence-electron chi connectivity index (χ3n) is 3.76. The van der Waals surface area contributed by atoms with Crippen LogP contribution in [0.2, 0.25) is 0 Å². The summed E-state index contributed by atoms with van der Waals surface area (Å²) in [6.07, 6.45) is 3.61. The number of ether oxygens (including phenoxy) is 1. The molecule has 1 aromatic carbocycles. The first-order valence-electron chi connectivity index (χ1n) is 6.80. The smallest absolute Gasteiger partial charge is 0.350 e. The van der Waals surface area contributed by atoms with Gasteiger partial charge < -0.3 is 4.74 Å². The molecule has 21 heavy (non-hydrogen) atoms. The molecule has 0 radical (unpaired) electrons. The van der Waals surface area contributed by atoms with E-state index in [0.717, 1.165) is 29.3 Å². The van der Waals surface area contributed by atoms with Crippen LogP contribution >= 0.6 is 22.6 Å². The molecule has 5 nitrogen and oxygen atoms in total. The molecule has 0 spiro atoms. The predicted octanol–water partition coefficient (Wildman–Crippen LogP) is 4.00. The molecule has 0 N–H and O–H groups in total. The minimum absolute atomic E-state index is 0.123. The second-order valence-electron chi connectivity index (χ2n) is 5.03. The third-order valence-corrected chi connectivity index (χ3v) is 4.48. The number of azo groups is 1.